The Morgan fingerprint density at radius 3 is 2.70 bits per heavy atom. The van der Waals surface area contributed by atoms with Crippen LogP contribution in [0, 0.1) is 5.92 Å². The topological polar surface area (TPSA) is 67.1 Å². The second-order valence-electron chi connectivity index (χ2n) is 2.72. The summed E-state index contributed by atoms with van der Waals surface area (Å²) in [7, 11) is 0. The van der Waals surface area contributed by atoms with Gasteiger partial charge in [0.25, 0.3) is 0 Å². The first kappa shape index (κ1) is 7.34. The summed E-state index contributed by atoms with van der Waals surface area (Å²) in [6.45, 7) is 3.94. The highest BCUT2D eigenvalue weighted by atomic mass is 16.2. The monoisotopic (exact) mass is 143 g/mol. The van der Waals surface area contributed by atoms with Crippen LogP contribution in [-0.4, -0.2) is 25.2 Å². The molecular weight excluding hydrogens is 130 g/mol. The van der Waals surface area contributed by atoms with E-state index in [0.29, 0.717) is 5.92 Å². The Bertz CT molecular complexity index is 133. The second kappa shape index (κ2) is 2.88. The minimum atomic E-state index is -0.431. The lowest BCUT2D eigenvalue weighted by Crippen LogP contribution is -2.54. The van der Waals surface area contributed by atoms with E-state index in [2.05, 4.69) is 10.6 Å². The highest BCUT2D eigenvalue weighted by molar-refractivity contribution is 5.71. The maximum atomic E-state index is 10.3. The summed E-state index contributed by atoms with van der Waals surface area (Å²) >= 11 is 0. The summed E-state index contributed by atoms with van der Waals surface area (Å²) in [6, 6.07) is -0.224. The molecule has 2 amide bonds. The fourth-order valence-electron chi connectivity index (χ4n) is 1.01. The predicted octanol–water partition coefficient (Wildman–Crippen LogP) is -0.737. The number of nitrogens with two attached hydrogens (primary N) is 1. The highest BCUT2D eigenvalue weighted by Gasteiger charge is 2.23. The Balaban J connectivity index is 2.19. The van der Waals surface area contributed by atoms with Crippen molar-refractivity contribution in [2.24, 2.45) is 11.7 Å². The molecule has 0 aromatic carbocycles. The first-order valence-electron chi connectivity index (χ1n) is 3.47. The molecule has 1 heterocycles. The van der Waals surface area contributed by atoms with Crippen molar-refractivity contribution in [2.45, 2.75) is 13.0 Å². The molecule has 1 unspecified atom stereocenters. The maximum absolute atomic E-state index is 10.3. The van der Waals surface area contributed by atoms with E-state index in [-0.39, 0.29) is 6.04 Å². The molecule has 0 aromatic rings. The molecule has 4 nitrogen and oxygen atoms in total. The Labute approximate surface area is 60.2 Å². The fraction of sp³-hybridized carbons (Fsp3) is 0.833. The zero-order chi connectivity index (χ0) is 7.56. The second-order valence-corrected chi connectivity index (χ2v) is 2.72. The standard InChI is InChI=1S/C6H13N3O/c1-4(9-6(7)10)5-2-8-3-5/h4-5,8H,2-3H2,1H3,(H3,7,9,10). The largest absolute Gasteiger partial charge is 0.352 e. The highest BCUT2D eigenvalue weighted by Crippen LogP contribution is 2.07. The van der Waals surface area contributed by atoms with Gasteiger partial charge in [-0.05, 0) is 6.92 Å². The van der Waals surface area contributed by atoms with E-state index in [0.717, 1.165) is 13.1 Å². The minimum absolute atomic E-state index is 0.207. The van der Waals surface area contributed by atoms with Gasteiger partial charge in [-0.3, -0.25) is 0 Å². The smallest absolute Gasteiger partial charge is 0.312 e. The van der Waals surface area contributed by atoms with Crippen LogP contribution in [0.3, 0.4) is 0 Å². The van der Waals surface area contributed by atoms with Crippen molar-refractivity contribution in [3.05, 3.63) is 0 Å². The molecule has 1 atom stereocenters. The van der Waals surface area contributed by atoms with E-state index >= 15 is 0 Å². The van der Waals surface area contributed by atoms with Crippen LogP contribution < -0.4 is 16.4 Å². The lowest BCUT2D eigenvalue weighted by atomic mass is 9.95. The molecule has 0 bridgehead atoms. The van der Waals surface area contributed by atoms with Crippen molar-refractivity contribution in [3.63, 3.8) is 0 Å². The first-order chi connectivity index (χ1) is 4.70. The number of urea groups is 1. The Kier molecular flexibility index (Phi) is 2.11. The molecule has 0 aromatic heterocycles. The summed E-state index contributed by atoms with van der Waals surface area (Å²) in [5, 5.41) is 5.77. The number of primary amides is 1. The summed E-state index contributed by atoms with van der Waals surface area (Å²) in [4.78, 5) is 10.3. The van der Waals surface area contributed by atoms with Crippen molar-refractivity contribution in [1.29, 1.82) is 0 Å². The molecule has 4 heteroatoms. The zero-order valence-electron chi connectivity index (χ0n) is 6.05. The van der Waals surface area contributed by atoms with Gasteiger partial charge in [-0.2, -0.15) is 0 Å². The average molecular weight is 143 g/mol. The van der Waals surface area contributed by atoms with Crippen LogP contribution in [0.15, 0.2) is 0 Å². The maximum Gasteiger partial charge on any atom is 0.312 e. The minimum Gasteiger partial charge on any atom is -0.352 e. The Morgan fingerprint density at radius 2 is 2.40 bits per heavy atom. The third kappa shape index (κ3) is 1.60. The molecule has 1 rings (SSSR count). The van der Waals surface area contributed by atoms with E-state index in [4.69, 9.17) is 5.73 Å². The van der Waals surface area contributed by atoms with Gasteiger partial charge in [0, 0.05) is 25.0 Å². The molecule has 0 saturated carbocycles. The summed E-state index contributed by atoms with van der Waals surface area (Å²) in [5.74, 6) is 0.562. The molecule has 1 saturated heterocycles. The third-order valence-corrected chi connectivity index (χ3v) is 1.89. The lowest BCUT2D eigenvalue weighted by Gasteiger charge is -2.32. The predicted molar refractivity (Wildman–Crippen MR) is 38.5 cm³/mol. The van der Waals surface area contributed by atoms with Crippen LogP contribution in [-0.2, 0) is 0 Å². The van der Waals surface area contributed by atoms with E-state index in [9.17, 15) is 4.79 Å². The molecule has 4 N–H and O–H groups in total. The number of amides is 2. The number of hydrogen-bond donors (Lipinski definition) is 3. The van der Waals surface area contributed by atoms with Crippen LogP contribution in [0.2, 0.25) is 0 Å². The van der Waals surface area contributed by atoms with Gasteiger partial charge in [-0.1, -0.05) is 0 Å². The number of hydrogen-bond acceptors (Lipinski definition) is 2. The van der Waals surface area contributed by atoms with Gasteiger partial charge >= 0.3 is 6.03 Å². The number of carbonyl (C=O) groups is 1. The number of rotatable bonds is 2. The van der Waals surface area contributed by atoms with Gasteiger partial charge < -0.3 is 16.4 Å². The van der Waals surface area contributed by atoms with Gasteiger partial charge in [0.05, 0.1) is 0 Å². The van der Waals surface area contributed by atoms with Crippen molar-refractivity contribution in [2.75, 3.05) is 13.1 Å². The molecule has 58 valence electrons. The Morgan fingerprint density at radius 1 is 1.80 bits per heavy atom. The molecule has 0 radical (unpaired) electrons. The van der Waals surface area contributed by atoms with E-state index < -0.39 is 6.03 Å². The van der Waals surface area contributed by atoms with Crippen LogP contribution in [0.1, 0.15) is 6.92 Å². The summed E-state index contributed by atoms with van der Waals surface area (Å²) in [6.07, 6.45) is 0. The summed E-state index contributed by atoms with van der Waals surface area (Å²) < 4.78 is 0. The third-order valence-electron chi connectivity index (χ3n) is 1.89. The number of nitrogens with one attached hydrogen (secondary N) is 2. The van der Waals surface area contributed by atoms with Gasteiger partial charge in [0.2, 0.25) is 0 Å². The van der Waals surface area contributed by atoms with Gasteiger partial charge in [-0.25, -0.2) is 4.79 Å². The normalized spacial score (nSPS) is 21.3. The van der Waals surface area contributed by atoms with Crippen molar-refractivity contribution in [1.82, 2.24) is 10.6 Å². The Hall–Kier alpha value is -0.770. The van der Waals surface area contributed by atoms with Gasteiger partial charge in [-0.15, -0.1) is 0 Å². The molecular formula is C6H13N3O. The van der Waals surface area contributed by atoms with Crippen molar-refractivity contribution < 1.29 is 4.79 Å². The van der Waals surface area contributed by atoms with Gasteiger partial charge in [0.1, 0.15) is 0 Å². The van der Waals surface area contributed by atoms with Crippen LogP contribution >= 0.6 is 0 Å². The average Bonchev–Trinajstić information content (AvgIpc) is 1.55. The first-order valence-corrected chi connectivity index (χ1v) is 3.47. The van der Waals surface area contributed by atoms with Crippen molar-refractivity contribution in [3.8, 4) is 0 Å². The number of carbonyl (C=O) groups excluding carboxylic acids is 1. The lowest BCUT2D eigenvalue weighted by molar-refractivity contribution is 0.229. The van der Waals surface area contributed by atoms with Crippen LogP contribution in [0.4, 0.5) is 4.79 Å². The van der Waals surface area contributed by atoms with Crippen LogP contribution in [0.25, 0.3) is 0 Å². The van der Waals surface area contributed by atoms with Gasteiger partial charge in [0.15, 0.2) is 0 Å². The SMILES string of the molecule is CC(NC(N)=O)C1CNC1. The molecule has 1 aliphatic heterocycles. The van der Waals surface area contributed by atoms with E-state index in [1.165, 1.54) is 0 Å². The summed E-state index contributed by atoms with van der Waals surface area (Å²) in [5.41, 5.74) is 4.94. The van der Waals surface area contributed by atoms with Crippen molar-refractivity contribution >= 4 is 6.03 Å². The molecule has 0 aliphatic carbocycles. The molecule has 10 heavy (non-hydrogen) atoms. The molecule has 0 spiro atoms. The fourth-order valence-corrected chi connectivity index (χ4v) is 1.01. The van der Waals surface area contributed by atoms with Crippen LogP contribution in [0.5, 0.6) is 0 Å². The molecule has 1 fully saturated rings. The molecule has 1 aliphatic rings. The zero-order valence-corrected chi connectivity index (χ0v) is 6.05. The quantitative estimate of drug-likeness (QED) is 0.476. The van der Waals surface area contributed by atoms with E-state index in [1.807, 2.05) is 6.92 Å². The van der Waals surface area contributed by atoms with E-state index in [1.54, 1.807) is 0 Å².